The predicted molar refractivity (Wildman–Crippen MR) is 196 cm³/mol. The maximum Gasteiger partial charge on any atom is 0.297 e. The van der Waals surface area contributed by atoms with E-state index in [1.165, 1.54) is 43.6 Å². The molecule has 226 valence electrons. The molecule has 0 fully saturated rings. The van der Waals surface area contributed by atoms with Crippen molar-refractivity contribution in [3.63, 3.8) is 0 Å². The van der Waals surface area contributed by atoms with Crippen LogP contribution in [0, 0.1) is 0 Å². The van der Waals surface area contributed by atoms with Crippen molar-refractivity contribution < 1.29 is 4.42 Å². The number of hydrogen-bond donors (Lipinski definition) is 0. The number of hydrogen-bond acceptors (Lipinski definition) is 7. The lowest BCUT2D eigenvalue weighted by Crippen LogP contribution is -2.61. The highest BCUT2D eigenvalue weighted by atomic mass is 16.3. The largest absolute Gasteiger partial charge is 0.468 e. The number of nitrogens with zero attached hydrogens (tertiary/aromatic N) is 7. The van der Waals surface area contributed by atoms with E-state index in [2.05, 4.69) is 125 Å². The molecule has 5 aromatic heterocycles. The summed E-state index contributed by atoms with van der Waals surface area (Å²) in [6.07, 6.45) is 10.7. The van der Waals surface area contributed by atoms with Gasteiger partial charge in [0.15, 0.2) is 0 Å². The normalized spacial score (nSPS) is 13.6. The summed E-state index contributed by atoms with van der Waals surface area (Å²) < 4.78 is 9.48. The summed E-state index contributed by atoms with van der Waals surface area (Å²) in [6, 6.07) is 34.8. The molecule has 0 amide bonds. The van der Waals surface area contributed by atoms with Crippen molar-refractivity contribution in [3.8, 4) is 0 Å². The highest BCUT2D eigenvalue weighted by Gasteiger charge is 2.48. The molecule has 9 heteroatoms. The standard InChI is InChI=1S/C40H22BN7O/c1-4-11-29-25(8-1)28-16-33-37(35-26-9-2-5-12-30(26)48(29)38(28)35)41-36-31(46(33)23-17-42-21-43-18-23)13-7-14-32(36)47(24-19-44-22-45-20-24)39-27-10-3-6-15-34(27)49-40(39)41/h1-22H. The smallest absolute Gasteiger partial charge is 0.297 e. The molecular weight excluding hydrogens is 605 g/mol. The third-order valence-corrected chi connectivity index (χ3v) is 10.4. The number of fused-ring (bicyclic) bond motifs is 13. The Morgan fingerprint density at radius 2 is 1.14 bits per heavy atom. The minimum atomic E-state index is -0.206. The first kappa shape index (κ1) is 25.4. The molecule has 12 rings (SSSR count). The zero-order valence-corrected chi connectivity index (χ0v) is 25.8. The Kier molecular flexibility index (Phi) is 4.65. The molecule has 0 unspecified atom stereocenters. The molecule has 2 aliphatic heterocycles. The van der Waals surface area contributed by atoms with Crippen LogP contribution in [0.3, 0.4) is 0 Å². The molecular formula is C40H22BN7O. The first-order chi connectivity index (χ1) is 24.4. The summed E-state index contributed by atoms with van der Waals surface area (Å²) in [5.74, 6) is 0. The van der Waals surface area contributed by atoms with Crippen molar-refractivity contribution in [3.05, 3.63) is 135 Å². The Bertz CT molecular complexity index is 2980. The van der Waals surface area contributed by atoms with Gasteiger partial charge < -0.3 is 18.6 Å². The molecule has 49 heavy (non-hydrogen) atoms. The summed E-state index contributed by atoms with van der Waals surface area (Å²) in [4.78, 5) is 22.5. The van der Waals surface area contributed by atoms with Gasteiger partial charge in [0.1, 0.15) is 18.2 Å². The molecule has 0 saturated carbocycles. The Morgan fingerprint density at radius 1 is 0.531 bits per heavy atom. The SMILES string of the molecule is c1cc2c3c(c1)N(c1cncnc1)c1c(oc4ccccc14)B3c1c(cc3c4ccccc4n4c5ccccc5c1c34)N2c1cncnc1. The lowest BCUT2D eigenvalue weighted by Gasteiger charge is -2.42. The minimum absolute atomic E-state index is 0.206. The van der Waals surface area contributed by atoms with Gasteiger partial charge in [-0.1, -0.05) is 54.6 Å². The molecule has 7 heterocycles. The van der Waals surface area contributed by atoms with Crippen LogP contribution >= 0.6 is 0 Å². The van der Waals surface area contributed by atoms with Crippen LogP contribution < -0.4 is 26.4 Å². The summed E-state index contributed by atoms with van der Waals surface area (Å²) in [6.45, 7) is -0.206. The fourth-order valence-electron chi connectivity index (χ4n) is 8.73. The Morgan fingerprint density at radius 3 is 1.90 bits per heavy atom. The van der Waals surface area contributed by atoms with Gasteiger partial charge in [-0.3, -0.25) is 0 Å². The first-order valence-electron chi connectivity index (χ1n) is 16.3. The zero-order chi connectivity index (χ0) is 31.8. The second-order valence-electron chi connectivity index (χ2n) is 12.8. The summed E-state index contributed by atoms with van der Waals surface area (Å²) in [7, 11) is 0. The third kappa shape index (κ3) is 3.06. The van der Waals surface area contributed by atoms with Gasteiger partial charge in [-0.2, -0.15) is 0 Å². The molecule has 2 aliphatic rings. The van der Waals surface area contributed by atoms with E-state index in [1.807, 2.05) is 30.9 Å². The van der Waals surface area contributed by atoms with E-state index in [-0.39, 0.29) is 6.71 Å². The highest BCUT2D eigenvalue weighted by Crippen LogP contribution is 2.49. The summed E-state index contributed by atoms with van der Waals surface area (Å²) in [5.41, 5.74) is 13.7. The predicted octanol–water partition coefficient (Wildman–Crippen LogP) is 7.25. The van der Waals surface area contributed by atoms with Crippen LogP contribution in [-0.2, 0) is 0 Å². The number of furan rings is 1. The van der Waals surface area contributed by atoms with E-state index in [1.54, 1.807) is 12.7 Å². The molecule has 0 aliphatic carbocycles. The molecule has 10 aromatic rings. The molecule has 0 spiro atoms. The molecule has 0 saturated heterocycles. The monoisotopic (exact) mass is 627 g/mol. The van der Waals surface area contributed by atoms with Crippen molar-refractivity contribution in [2.75, 3.05) is 9.80 Å². The minimum Gasteiger partial charge on any atom is -0.468 e. The number of anilines is 6. The quantitative estimate of drug-likeness (QED) is 0.187. The average molecular weight is 627 g/mol. The summed E-state index contributed by atoms with van der Waals surface area (Å²) in [5, 5.41) is 5.93. The Hall–Kier alpha value is -6.74. The number of rotatable bonds is 2. The van der Waals surface area contributed by atoms with Gasteiger partial charge in [-0.15, -0.1) is 0 Å². The molecule has 0 N–H and O–H groups in total. The van der Waals surface area contributed by atoms with E-state index in [4.69, 9.17) is 4.42 Å². The lowest BCUT2D eigenvalue weighted by atomic mass is 9.35. The van der Waals surface area contributed by atoms with Crippen molar-refractivity contribution in [2.45, 2.75) is 0 Å². The van der Waals surface area contributed by atoms with Gasteiger partial charge in [-0.25, -0.2) is 19.9 Å². The first-order valence-corrected chi connectivity index (χ1v) is 16.3. The van der Waals surface area contributed by atoms with Crippen LogP contribution in [0.2, 0.25) is 0 Å². The Labute approximate surface area is 278 Å². The van der Waals surface area contributed by atoms with E-state index < -0.39 is 0 Å². The van der Waals surface area contributed by atoms with Crippen LogP contribution in [0.4, 0.5) is 34.1 Å². The van der Waals surface area contributed by atoms with Crippen LogP contribution in [0.5, 0.6) is 0 Å². The van der Waals surface area contributed by atoms with Crippen molar-refractivity contribution in [1.82, 2.24) is 24.3 Å². The molecule has 0 bridgehead atoms. The molecule has 0 radical (unpaired) electrons. The van der Waals surface area contributed by atoms with Crippen molar-refractivity contribution in [2.24, 2.45) is 0 Å². The maximum atomic E-state index is 7.03. The van der Waals surface area contributed by atoms with E-state index in [0.717, 1.165) is 56.2 Å². The van der Waals surface area contributed by atoms with E-state index >= 15 is 0 Å². The van der Waals surface area contributed by atoms with Gasteiger partial charge in [0.05, 0.1) is 64.1 Å². The third-order valence-electron chi connectivity index (χ3n) is 10.4. The molecule has 8 nitrogen and oxygen atoms in total. The fraction of sp³-hybridized carbons (Fsp3) is 0. The second-order valence-corrected chi connectivity index (χ2v) is 12.8. The van der Waals surface area contributed by atoms with E-state index in [0.29, 0.717) is 0 Å². The number of aromatic nitrogens is 5. The van der Waals surface area contributed by atoms with Gasteiger partial charge in [0, 0.05) is 44.0 Å². The lowest BCUT2D eigenvalue weighted by molar-refractivity contribution is 0.651. The van der Waals surface area contributed by atoms with Crippen molar-refractivity contribution in [1.29, 1.82) is 0 Å². The van der Waals surface area contributed by atoms with Gasteiger partial charge in [0.2, 0.25) is 0 Å². The summed E-state index contributed by atoms with van der Waals surface area (Å²) >= 11 is 0. The van der Waals surface area contributed by atoms with Crippen LogP contribution in [0.15, 0.2) is 139 Å². The molecule has 0 atom stereocenters. The van der Waals surface area contributed by atoms with Gasteiger partial charge in [0.25, 0.3) is 6.71 Å². The second kappa shape index (κ2) is 8.99. The van der Waals surface area contributed by atoms with Crippen molar-refractivity contribution >= 4 is 106 Å². The van der Waals surface area contributed by atoms with Crippen LogP contribution in [0.1, 0.15) is 0 Å². The fourth-order valence-corrected chi connectivity index (χ4v) is 8.73. The topological polar surface area (TPSA) is 75.6 Å². The molecule has 5 aromatic carbocycles. The number of para-hydroxylation sites is 3. The van der Waals surface area contributed by atoms with Gasteiger partial charge >= 0.3 is 0 Å². The van der Waals surface area contributed by atoms with Gasteiger partial charge in [-0.05, 0) is 53.4 Å². The van der Waals surface area contributed by atoms with E-state index in [9.17, 15) is 0 Å². The Balaban J connectivity index is 1.32. The average Bonchev–Trinajstić information content (AvgIpc) is 3.82. The maximum absolute atomic E-state index is 7.03. The zero-order valence-electron chi connectivity index (χ0n) is 25.8. The number of benzene rings is 5. The van der Waals surface area contributed by atoms with Crippen LogP contribution in [0.25, 0.3) is 49.1 Å². The van der Waals surface area contributed by atoms with Crippen LogP contribution in [-0.4, -0.2) is 31.0 Å². The highest BCUT2D eigenvalue weighted by molar-refractivity contribution is 7.01.